The molecule has 7 nitrogen and oxygen atoms in total. The van der Waals surface area contributed by atoms with Gasteiger partial charge >= 0.3 is 5.97 Å². The number of aromatic nitrogens is 5. The van der Waals surface area contributed by atoms with Gasteiger partial charge in [0.05, 0.1) is 12.7 Å². The van der Waals surface area contributed by atoms with E-state index in [9.17, 15) is 4.79 Å². The van der Waals surface area contributed by atoms with Crippen LogP contribution in [0, 0.1) is 0 Å². The van der Waals surface area contributed by atoms with Crippen LogP contribution in [0.1, 0.15) is 10.4 Å². The van der Waals surface area contributed by atoms with Crippen molar-refractivity contribution in [2.45, 2.75) is 0 Å². The van der Waals surface area contributed by atoms with E-state index in [1.807, 2.05) is 0 Å². The number of carbonyl (C=O) groups excluding carboxylic acids is 1. The van der Waals surface area contributed by atoms with Crippen molar-refractivity contribution in [3.63, 3.8) is 0 Å². The molecular weight excluding hydrogens is 198 g/mol. The fourth-order valence-electron chi connectivity index (χ4n) is 1.07. The second-order valence-corrected chi connectivity index (χ2v) is 2.66. The summed E-state index contributed by atoms with van der Waals surface area (Å²) in [6.45, 7) is 0. The number of methoxy groups -OCH3 is 1. The van der Waals surface area contributed by atoms with Crippen LogP contribution in [0.2, 0.25) is 0 Å². The van der Waals surface area contributed by atoms with Crippen LogP contribution in [0.25, 0.3) is 11.5 Å². The highest BCUT2D eigenvalue weighted by atomic mass is 16.5. The number of carbonyl (C=O) groups is 1. The number of rotatable bonds is 2. The average molecular weight is 205 g/mol. The predicted octanol–water partition coefficient (Wildman–Crippen LogP) is 0.0483. The zero-order valence-corrected chi connectivity index (χ0v) is 7.84. The fourth-order valence-corrected chi connectivity index (χ4v) is 1.07. The third kappa shape index (κ3) is 1.80. The Kier molecular flexibility index (Phi) is 2.36. The van der Waals surface area contributed by atoms with Gasteiger partial charge in [0.2, 0.25) is 5.82 Å². The Morgan fingerprint density at radius 3 is 3.07 bits per heavy atom. The number of hydrogen-bond donors (Lipinski definition) is 1. The zero-order valence-electron chi connectivity index (χ0n) is 7.84. The molecule has 0 aliphatic carbocycles. The molecule has 0 spiro atoms. The van der Waals surface area contributed by atoms with Crippen molar-refractivity contribution < 1.29 is 9.53 Å². The lowest BCUT2D eigenvalue weighted by molar-refractivity contribution is 0.0600. The van der Waals surface area contributed by atoms with Gasteiger partial charge in [-0.15, -0.1) is 10.2 Å². The number of ether oxygens (including phenoxy) is 1. The second-order valence-electron chi connectivity index (χ2n) is 2.66. The minimum absolute atomic E-state index is 0.334. The lowest BCUT2D eigenvalue weighted by Gasteiger charge is -1.99. The van der Waals surface area contributed by atoms with Crippen molar-refractivity contribution in [1.82, 2.24) is 25.6 Å². The molecule has 0 aromatic carbocycles. The van der Waals surface area contributed by atoms with Crippen LogP contribution < -0.4 is 0 Å². The van der Waals surface area contributed by atoms with E-state index >= 15 is 0 Å². The summed E-state index contributed by atoms with van der Waals surface area (Å²) in [4.78, 5) is 15.2. The van der Waals surface area contributed by atoms with Gasteiger partial charge in [-0.1, -0.05) is 0 Å². The van der Waals surface area contributed by atoms with E-state index < -0.39 is 5.97 Å². The normalized spacial score (nSPS) is 9.93. The van der Waals surface area contributed by atoms with Gasteiger partial charge in [-0.05, 0) is 17.3 Å². The highest BCUT2D eigenvalue weighted by Gasteiger charge is 2.09. The van der Waals surface area contributed by atoms with E-state index in [1.54, 1.807) is 6.07 Å². The van der Waals surface area contributed by atoms with Crippen molar-refractivity contribution in [3.05, 3.63) is 23.9 Å². The molecule has 0 bridgehead atoms. The Labute approximate surface area is 84.5 Å². The van der Waals surface area contributed by atoms with Crippen LogP contribution >= 0.6 is 0 Å². The third-order valence-corrected chi connectivity index (χ3v) is 1.76. The van der Waals surface area contributed by atoms with Crippen molar-refractivity contribution in [1.29, 1.82) is 0 Å². The molecule has 0 atom stereocenters. The smallest absolute Gasteiger partial charge is 0.337 e. The second kappa shape index (κ2) is 3.82. The van der Waals surface area contributed by atoms with E-state index in [0.717, 1.165) is 0 Å². The molecule has 2 aromatic heterocycles. The van der Waals surface area contributed by atoms with Gasteiger partial charge in [0.15, 0.2) is 0 Å². The first kappa shape index (κ1) is 9.25. The van der Waals surface area contributed by atoms with Gasteiger partial charge in [-0.2, -0.15) is 5.21 Å². The molecule has 2 rings (SSSR count). The molecule has 2 heterocycles. The standard InChI is InChI=1S/C8H7N5O2/c1-15-8(14)5-2-3-9-6(4-5)7-10-12-13-11-7/h2-4H,1H3,(H,10,11,12,13). The minimum Gasteiger partial charge on any atom is -0.465 e. The molecule has 0 radical (unpaired) electrons. The number of esters is 1. The fraction of sp³-hybridized carbons (Fsp3) is 0.125. The summed E-state index contributed by atoms with van der Waals surface area (Å²) in [5, 5.41) is 13.2. The van der Waals surface area contributed by atoms with Crippen LogP contribution in [0.4, 0.5) is 0 Å². The topological polar surface area (TPSA) is 93.6 Å². The average Bonchev–Trinajstić information content (AvgIpc) is 2.82. The van der Waals surface area contributed by atoms with Crippen LogP contribution in [-0.4, -0.2) is 38.7 Å². The Morgan fingerprint density at radius 1 is 1.53 bits per heavy atom. The van der Waals surface area contributed by atoms with Crippen molar-refractivity contribution in [3.8, 4) is 11.5 Å². The number of H-pyrrole nitrogens is 1. The lowest BCUT2D eigenvalue weighted by Crippen LogP contribution is -2.01. The first-order valence-corrected chi connectivity index (χ1v) is 4.09. The summed E-state index contributed by atoms with van der Waals surface area (Å²) in [7, 11) is 1.32. The maximum absolute atomic E-state index is 11.2. The van der Waals surface area contributed by atoms with E-state index in [4.69, 9.17) is 0 Å². The van der Waals surface area contributed by atoms with E-state index in [-0.39, 0.29) is 0 Å². The Bertz CT molecular complexity index is 468. The molecule has 0 saturated heterocycles. The van der Waals surface area contributed by atoms with Crippen LogP contribution in [0.5, 0.6) is 0 Å². The molecule has 15 heavy (non-hydrogen) atoms. The van der Waals surface area contributed by atoms with Gasteiger partial charge in [0, 0.05) is 6.20 Å². The molecule has 2 aromatic rings. The summed E-state index contributed by atoms with van der Waals surface area (Å²) in [6.07, 6.45) is 1.48. The first-order valence-electron chi connectivity index (χ1n) is 4.09. The Balaban J connectivity index is 2.39. The number of nitrogens with zero attached hydrogens (tertiary/aromatic N) is 4. The molecule has 0 aliphatic heterocycles. The van der Waals surface area contributed by atoms with Crippen molar-refractivity contribution in [2.75, 3.05) is 7.11 Å². The molecule has 0 aliphatic rings. The summed E-state index contributed by atoms with van der Waals surface area (Å²) in [5.41, 5.74) is 0.860. The molecule has 76 valence electrons. The maximum atomic E-state index is 11.2. The number of tetrazole rings is 1. The van der Waals surface area contributed by atoms with E-state index in [2.05, 4.69) is 30.3 Å². The first-order chi connectivity index (χ1) is 7.31. The van der Waals surface area contributed by atoms with Crippen molar-refractivity contribution in [2.24, 2.45) is 0 Å². The maximum Gasteiger partial charge on any atom is 0.337 e. The van der Waals surface area contributed by atoms with Gasteiger partial charge < -0.3 is 4.74 Å². The number of hydrogen-bond acceptors (Lipinski definition) is 6. The summed E-state index contributed by atoms with van der Waals surface area (Å²) < 4.78 is 4.58. The Hall–Kier alpha value is -2.31. The van der Waals surface area contributed by atoms with Crippen LogP contribution in [0.3, 0.4) is 0 Å². The van der Waals surface area contributed by atoms with Crippen LogP contribution in [0.15, 0.2) is 18.3 Å². The molecule has 0 saturated carbocycles. The number of nitrogens with one attached hydrogen (secondary N) is 1. The minimum atomic E-state index is -0.429. The van der Waals surface area contributed by atoms with Gasteiger partial charge in [-0.25, -0.2) is 4.79 Å². The molecule has 0 unspecified atom stereocenters. The molecule has 1 N–H and O–H groups in total. The summed E-state index contributed by atoms with van der Waals surface area (Å²) in [6, 6.07) is 3.09. The van der Waals surface area contributed by atoms with Crippen molar-refractivity contribution >= 4 is 5.97 Å². The summed E-state index contributed by atoms with van der Waals surface area (Å²) >= 11 is 0. The largest absolute Gasteiger partial charge is 0.465 e. The Morgan fingerprint density at radius 2 is 2.40 bits per heavy atom. The highest BCUT2D eigenvalue weighted by Crippen LogP contribution is 2.11. The lowest BCUT2D eigenvalue weighted by atomic mass is 10.2. The number of aromatic amines is 1. The number of pyridine rings is 1. The van der Waals surface area contributed by atoms with E-state index in [0.29, 0.717) is 17.1 Å². The molecular formula is C8H7N5O2. The molecule has 7 heteroatoms. The molecule has 0 fully saturated rings. The quantitative estimate of drug-likeness (QED) is 0.696. The van der Waals surface area contributed by atoms with E-state index in [1.165, 1.54) is 19.4 Å². The monoisotopic (exact) mass is 205 g/mol. The van der Waals surface area contributed by atoms with Gasteiger partial charge in [0.1, 0.15) is 5.69 Å². The predicted molar refractivity (Wildman–Crippen MR) is 48.7 cm³/mol. The zero-order chi connectivity index (χ0) is 10.7. The highest BCUT2D eigenvalue weighted by molar-refractivity contribution is 5.90. The third-order valence-electron chi connectivity index (χ3n) is 1.76. The molecule has 0 amide bonds. The van der Waals surface area contributed by atoms with Gasteiger partial charge in [-0.3, -0.25) is 4.98 Å². The SMILES string of the molecule is COC(=O)c1ccnc(-c2nn[nH]n2)c1. The summed E-state index contributed by atoms with van der Waals surface area (Å²) in [5.74, 6) is -0.0945. The van der Waals surface area contributed by atoms with Gasteiger partial charge in [0.25, 0.3) is 0 Å². The van der Waals surface area contributed by atoms with Crippen LogP contribution in [-0.2, 0) is 4.74 Å².